The van der Waals surface area contributed by atoms with Crippen molar-refractivity contribution >= 4 is 22.4 Å². The minimum absolute atomic E-state index is 0.0441. The molecule has 0 bridgehead atoms. The van der Waals surface area contributed by atoms with Crippen LogP contribution < -0.4 is 10.1 Å². The van der Waals surface area contributed by atoms with Crippen LogP contribution in [0.4, 0.5) is 5.13 Å². The Kier molecular flexibility index (Phi) is 7.18. The van der Waals surface area contributed by atoms with Gasteiger partial charge in [-0.25, -0.2) is 0 Å². The van der Waals surface area contributed by atoms with Crippen LogP contribution in [0.15, 0.2) is 18.2 Å². The summed E-state index contributed by atoms with van der Waals surface area (Å²) < 4.78 is 5.74. The van der Waals surface area contributed by atoms with Crippen LogP contribution in [-0.4, -0.2) is 22.7 Å². The zero-order chi connectivity index (χ0) is 17.4. The van der Waals surface area contributed by atoms with E-state index in [0.29, 0.717) is 24.6 Å². The Morgan fingerprint density at radius 1 is 1.25 bits per heavy atom. The molecule has 6 heteroatoms. The number of nitrogens with one attached hydrogen (secondary N) is 1. The Morgan fingerprint density at radius 3 is 2.83 bits per heavy atom. The fourth-order valence-corrected chi connectivity index (χ4v) is 3.09. The number of ether oxygens (including phenoxy) is 1. The summed E-state index contributed by atoms with van der Waals surface area (Å²) >= 11 is 1.46. The molecule has 1 N–H and O–H groups in total. The fraction of sp³-hybridized carbons (Fsp3) is 0.500. The van der Waals surface area contributed by atoms with E-state index in [0.717, 1.165) is 35.6 Å². The van der Waals surface area contributed by atoms with E-state index in [2.05, 4.69) is 35.4 Å². The van der Waals surface area contributed by atoms with Crippen molar-refractivity contribution in [3.63, 3.8) is 0 Å². The van der Waals surface area contributed by atoms with Crippen LogP contribution in [0.2, 0.25) is 0 Å². The summed E-state index contributed by atoms with van der Waals surface area (Å²) in [4.78, 5) is 11.9. The largest absolute Gasteiger partial charge is 0.493 e. The molecule has 0 aliphatic carbocycles. The fourth-order valence-electron chi connectivity index (χ4n) is 2.29. The van der Waals surface area contributed by atoms with Gasteiger partial charge in [0, 0.05) is 12.8 Å². The Hall–Kier alpha value is -1.95. The number of amides is 1. The van der Waals surface area contributed by atoms with Gasteiger partial charge in [0.25, 0.3) is 0 Å². The average Bonchev–Trinajstić information content (AvgIpc) is 2.98. The molecular weight excluding hydrogens is 322 g/mol. The normalized spacial score (nSPS) is 10.6. The van der Waals surface area contributed by atoms with Gasteiger partial charge in [-0.2, -0.15) is 0 Å². The van der Waals surface area contributed by atoms with Crippen molar-refractivity contribution in [3.8, 4) is 5.75 Å². The van der Waals surface area contributed by atoms with Crippen molar-refractivity contribution in [2.24, 2.45) is 0 Å². The van der Waals surface area contributed by atoms with Gasteiger partial charge in [-0.3, -0.25) is 4.79 Å². The van der Waals surface area contributed by atoms with Gasteiger partial charge in [-0.05, 0) is 38.3 Å². The van der Waals surface area contributed by atoms with Crippen molar-refractivity contribution in [2.45, 2.75) is 52.9 Å². The van der Waals surface area contributed by atoms with Crippen LogP contribution >= 0.6 is 11.3 Å². The maximum atomic E-state index is 11.9. The summed E-state index contributed by atoms with van der Waals surface area (Å²) in [6.45, 7) is 6.75. The van der Waals surface area contributed by atoms with Crippen molar-refractivity contribution in [1.29, 1.82) is 0 Å². The lowest BCUT2D eigenvalue weighted by atomic mass is 10.1. The summed E-state index contributed by atoms with van der Waals surface area (Å²) in [5, 5.41) is 12.5. The van der Waals surface area contributed by atoms with Crippen LogP contribution in [-0.2, 0) is 11.2 Å². The van der Waals surface area contributed by atoms with Gasteiger partial charge in [0.1, 0.15) is 10.8 Å². The predicted molar refractivity (Wildman–Crippen MR) is 97.8 cm³/mol. The lowest BCUT2D eigenvalue weighted by Crippen LogP contribution is -2.12. The molecule has 0 fully saturated rings. The van der Waals surface area contributed by atoms with Gasteiger partial charge >= 0.3 is 0 Å². The van der Waals surface area contributed by atoms with E-state index < -0.39 is 0 Å². The van der Waals surface area contributed by atoms with Crippen molar-refractivity contribution in [1.82, 2.24) is 10.2 Å². The molecule has 0 saturated heterocycles. The van der Waals surface area contributed by atoms with E-state index >= 15 is 0 Å². The Balaban J connectivity index is 1.68. The minimum Gasteiger partial charge on any atom is -0.493 e. The lowest BCUT2D eigenvalue weighted by Gasteiger charge is -2.09. The molecule has 130 valence electrons. The number of hydrogen-bond donors (Lipinski definition) is 1. The highest BCUT2D eigenvalue weighted by Crippen LogP contribution is 2.19. The molecule has 0 saturated carbocycles. The molecule has 0 radical (unpaired) electrons. The minimum atomic E-state index is -0.0441. The number of unbranched alkanes of at least 4 members (excludes halogenated alkanes) is 1. The average molecular weight is 347 g/mol. The van der Waals surface area contributed by atoms with Gasteiger partial charge in [0.15, 0.2) is 0 Å². The van der Waals surface area contributed by atoms with Gasteiger partial charge in [-0.15, -0.1) is 10.2 Å². The van der Waals surface area contributed by atoms with Crippen molar-refractivity contribution in [3.05, 3.63) is 34.3 Å². The molecule has 0 aliphatic heterocycles. The van der Waals surface area contributed by atoms with E-state index in [1.807, 2.05) is 19.1 Å². The number of hydrogen-bond acceptors (Lipinski definition) is 5. The number of carbonyl (C=O) groups excluding carboxylic acids is 1. The predicted octanol–water partition coefficient (Wildman–Crippen LogP) is 4.30. The van der Waals surface area contributed by atoms with Crippen molar-refractivity contribution < 1.29 is 9.53 Å². The van der Waals surface area contributed by atoms with E-state index in [1.54, 1.807) is 0 Å². The molecular formula is C18H25N3O2S. The molecule has 24 heavy (non-hydrogen) atoms. The second-order valence-corrected chi connectivity index (χ2v) is 6.94. The lowest BCUT2D eigenvalue weighted by molar-refractivity contribution is -0.116. The first-order chi connectivity index (χ1) is 11.6. The van der Waals surface area contributed by atoms with Crippen molar-refractivity contribution in [2.75, 3.05) is 11.9 Å². The number of aryl methyl sites for hydroxylation is 3. The summed E-state index contributed by atoms with van der Waals surface area (Å²) in [5.74, 6) is 0.836. The molecule has 2 rings (SSSR count). The maximum absolute atomic E-state index is 11.9. The molecule has 1 amide bonds. The summed E-state index contributed by atoms with van der Waals surface area (Å²) in [5.41, 5.74) is 2.34. The molecule has 0 spiro atoms. The second-order valence-electron chi connectivity index (χ2n) is 5.87. The first-order valence-corrected chi connectivity index (χ1v) is 9.22. The standard InChI is InChI=1S/C18H25N3O2S/c1-4-5-8-17-20-21-18(24-17)19-16(22)7-6-11-23-15-10-9-13(2)12-14(15)3/h9-10,12H,4-8,11H2,1-3H3,(H,19,21,22). The third-order valence-corrected chi connectivity index (χ3v) is 4.49. The maximum Gasteiger partial charge on any atom is 0.226 e. The summed E-state index contributed by atoms with van der Waals surface area (Å²) in [7, 11) is 0. The Bertz CT molecular complexity index is 670. The van der Waals surface area contributed by atoms with E-state index in [9.17, 15) is 4.79 Å². The quantitative estimate of drug-likeness (QED) is 0.687. The molecule has 1 aromatic heterocycles. The number of benzene rings is 1. The van der Waals surface area contributed by atoms with E-state index in [1.165, 1.54) is 16.9 Å². The number of nitrogens with zero attached hydrogens (tertiary/aromatic N) is 2. The van der Waals surface area contributed by atoms with Gasteiger partial charge in [0.2, 0.25) is 11.0 Å². The van der Waals surface area contributed by atoms with Gasteiger partial charge < -0.3 is 10.1 Å². The zero-order valence-corrected chi connectivity index (χ0v) is 15.4. The molecule has 5 nitrogen and oxygen atoms in total. The van der Waals surface area contributed by atoms with Gasteiger partial charge in [0.05, 0.1) is 6.61 Å². The number of anilines is 1. The molecule has 2 aromatic rings. The molecule has 0 atom stereocenters. The highest BCUT2D eigenvalue weighted by molar-refractivity contribution is 7.15. The first-order valence-electron chi connectivity index (χ1n) is 8.40. The Morgan fingerprint density at radius 2 is 2.08 bits per heavy atom. The van der Waals surface area contributed by atoms with Crippen LogP contribution in [0.3, 0.4) is 0 Å². The summed E-state index contributed by atoms with van der Waals surface area (Å²) in [6.07, 6.45) is 4.23. The number of carbonyl (C=O) groups is 1. The summed E-state index contributed by atoms with van der Waals surface area (Å²) in [6, 6.07) is 6.10. The van der Waals surface area contributed by atoms with Crippen LogP contribution in [0.25, 0.3) is 0 Å². The molecule has 1 aromatic carbocycles. The number of aromatic nitrogens is 2. The smallest absolute Gasteiger partial charge is 0.226 e. The SMILES string of the molecule is CCCCc1nnc(NC(=O)CCCOc2ccc(C)cc2C)s1. The molecule has 1 heterocycles. The van der Waals surface area contributed by atoms with Crippen LogP contribution in [0, 0.1) is 13.8 Å². The van der Waals surface area contributed by atoms with E-state index in [4.69, 9.17) is 4.74 Å². The first kappa shape index (κ1) is 18.4. The van der Waals surface area contributed by atoms with Crippen LogP contribution in [0.1, 0.15) is 48.7 Å². The van der Waals surface area contributed by atoms with Gasteiger partial charge in [-0.1, -0.05) is 42.4 Å². The Labute approximate surface area is 147 Å². The zero-order valence-electron chi connectivity index (χ0n) is 14.6. The highest BCUT2D eigenvalue weighted by atomic mass is 32.1. The monoisotopic (exact) mass is 347 g/mol. The third kappa shape index (κ3) is 5.92. The topological polar surface area (TPSA) is 64.1 Å². The highest BCUT2D eigenvalue weighted by Gasteiger charge is 2.08. The molecule has 0 unspecified atom stereocenters. The van der Waals surface area contributed by atoms with E-state index in [-0.39, 0.29) is 5.91 Å². The molecule has 0 aliphatic rings. The third-order valence-electron chi connectivity index (χ3n) is 3.59. The second kappa shape index (κ2) is 9.37. The number of rotatable bonds is 9. The van der Waals surface area contributed by atoms with Crippen LogP contribution in [0.5, 0.6) is 5.75 Å².